The van der Waals surface area contributed by atoms with Crippen molar-refractivity contribution in [1.82, 2.24) is 0 Å². The number of amides is 1. The molecule has 0 aliphatic heterocycles. The minimum absolute atomic E-state index is 0.0504. The van der Waals surface area contributed by atoms with Gasteiger partial charge in [-0.15, -0.1) is 0 Å². The maximum Gasteiger partial charge on any atom is 0.342 e. The van der Waals surface area contributed by atoms with Gasteiger partial charge in [0.25, 0.3) is 11.6 Å². The zero-order valence-corrected chi connectivity index (χ0v) is 14.4. The Hall–Kier alpha value is -3.93. The van der Waals surface area contributed by atoms with Gasteiger partial charge < -0.3 is 15.2 Å². The van der Waals surface area contributed by atoms with Crippen LogP contribution in [0.3, 0.4) is 0 Å². The molecule has 0 spiro atoms. The molecule has 0 fully saturated rings. The molecule has 2 aromatic carbocycles. The second kappa shape index (κ2) is 7.97. The summed E-state index contributed by atoms with van der Waals surface area (Å²) in [5.74, 6) is -1.86. The van der Waals surface area contributed by atoms with Crippen molar-refractivity contribution in [1.29, 1.82) is 5.26 Å². The number of nitro groups is 1. The molecule has 1 atom stereocenters. The van der Waals surface area contributed by atoms with Crippen LogP contribution in [0.5, 0.6) is 5.75 Å². The lowest BCUT2D eigenvalue weighted by Crippen LogP contribution is -2.30. The number of phenolic OH excluding ortho intramolecular Hbond substituents is 1. The Morgan fingerprint density at radius 1 is 1.33 bits per heavy atom. The molecule has 1 amide bonds. The average molecular weight is 369 g/mol. The number of rotatable bonds is 5. The van der Waals surface area contributed by atoms with Crippen LogP contribution in [0.2, 0.25) is 0 Å². The number of phenols is 1. The molecule has 0 bridgehead atoms. The number of hydrogen-bond donors (Lipinski definition) is 2. The van der Waals surface area contributed by atoms with E-state index in [1.807, 2.05) is 0 Å². The van der Waals surface area contributed by atoms with Gasteiger partial charge in [0.15, 0.2) is 6.10 Å². The first-order chi connectivity index (χ1) is 12.7. The first kappa shape index (κ1) is 19.4. The summed E-state index contributed by atoms with van der Waals surface area (Å²) in [6.45, 7) is 2.93. The number of hydrogen-bond acceptors (Lipinski definition) is 7. The average Bonchev–Trinajstić information content (AvgIpc) is 2.63. The van der Waals surface area contributed by atoms with E-state index in [0.29, 0.717) is 5.56 Å². The first-order valence-electron chi connectivity index (χ1n) is 7.73. The zero-order valence-electron chi connectivity index (χ0n) is 14.4. The van der Waals surface area contributed by atoms with Crippen molar-refractivity contribution in [2.24, 2.45) is 0 Å². The van der Waals surface area contributed by atoms with Crippen molar-refractivity contribution in [2.45, 2.75) is 20.0 Å². The summed E-state index contributed by atoms with van der Waals surface area (Å²) in [5, 5.41) is 32.1. The number of aromatic hydroxyl groups is 1. The molecule has 27 heavy (non-hydrogen) atoms. The number of nitriles is 1. The van der Waals surface area contributed by atoms with E-state index in [1.165, 1.54) is 19.1 Å². The number of nitrogens with one attached hydrogen (secondary N) is 1. The lowest BCUT2D eigenvalue weighted by atomic mass is 10.1. The Morgan fingerprint density at radius 3 is 2.67 bits per heavy atom. The lowest BCUT2D eigenvalue weighted by Gasteiger charge is -2.15. The highest BCUT2D eigenvalue weighted by atomic mass is 16.6. The number of nitrogens with zero attached hydrogens (tertiary/aromatic N) is 2. The Morgan fingerprint density at radius 2 is 2.04 bits per heavy atom. The maximum atomic E-state index is 12.2. The van der Waals surface area contributed by atoms with Crippen molar-refractivity contribution >= 4 is 23.3 Å². The second-order valence-electron chi connectivity index (χ2n) is 5.61. The van der Waals surface area contributed by atoms with Crippen LogP contribution < -0.4 is 5.32 Å². The number of aryl methyl sites for hydroxylation is 1. The van der Waals surface area contributed by atoms with E-state index >= 15 is 0 Å². The fraction of sp³-hybridized carbons (Fsp3) is 0.167. The van der Waals surface area contributed by atoms with E-state index < -0.39 is 22.9 Å². The van der Waals surface area contributed by atoms with E-state index in [9.17, 15) is 24.8 Å². The van der Waals surface area contributed by atoms with Gasteiger partial charge in [-0.2, -0.15) is 5.26 Å². The molecular weight excluding hydrogens is 354 g/mol. The molecule has 0 unspecified atom stereocenters. The Labute approximate surface area is 154 Å². The van der Waals surface area contributed by atoms with Gasteiger partial charge in [-0.05, 0) is 31.5 Å². The van der Waals surface area contributed by atoms with Crippen LogP contribution in [-0.2, 0) is 9.53 Å². The van der Waals surface area contributed by atoms with Gasteiger partial charge in [0.05, 0.1) is 16.2 Å². The third-order valence-electron chi connectivity index (χ3n) is 3.70. The standard InChI is InChI=1S/C18H15N3O6/c1-10-4-3-5-14(16(10)22)18(24)27-11(2)17(23)20-15-7-6-13(21(25)26)8-12(15)9-19/h3-8,11,22H,1-2H3,(H,20,23)/t11-/m0/s1. The largest absolute Gasteiger partial charge is 0.507 e. The highest BCUT2D eigenvalue weighted by molar-refractivity contribution is 5.99. The maximum absolute atomic E-state index is 12.2. The number of carbonyl (C=O) groups is 2. The van der Waals surface area contributed by atoms with Crippen LogP contribution in [0.15, 0.2) is 36.4 Å². The van der Waals surface area contributed by atoms with Crippen LogP contribution >= 0.6 is 0 Å². The first-order valence-corrected chi connectivity index (χ1v) is 7.73. The molecule has 2 aromatic rings. The Balaban J connectivity index is 2.12. The van der Waals surface area contributed by atoms with E-state index in [2.05, 4.69) is 5.32 Å². The van der Waals surface area contributed by atoms with Crippen LogP contribution in [0, 0.1) is 28.4 Å². The number of anilines is 1. The summed E-state index contributed by atoms with van der Waals surface area (Å²) in [6, 6.07) is 9.67. The quantitative estimate of drug-likeness (QED) is 0.468. The fourth-order valence-corrected chi connectivity index (χ4v) is 2.18. The summed E-state index contributed by atoms with van der Waals surface area (Å²) in [6.07, 6.45) is -1.24. The van der Waals surface area contributed by atoms with Gasteiger partial charge in [-0.3, -0.25) is 14.9 Å². The van der Waals surface area contributed by atoms with Gasteiger partial charge in [-0.25, -0.2) is 4.79 Å². The van der Waals surface area contributed by atoms with Crippen molar-refractivity contribution in [3.05, 3.63) is 63.2 Å². The number of carbonyl (C=O) groups excluding carboxylic acids is 2. The molecule has 0 heterocycles. The molecule has 0 aliphatic carbocycles. The summed E-state index contributed by atoms with van der Waals surface area (Å²) >= 11 is 0. The minimum Gasteiger partial charge on any atom is -0.507 e. The van der Waals surface area contributed by atoms with Gasteiger partial charge in [-0.1, -0.05) is 12.1 Å². The number of para-hydroxylation sites is 1. The molecule has 0 radical (unpaired) electrons. The second-order valence-corrected chi connectivity index (χ2v) is 5.61. The predicted octanol–water partition coefficient (Wildman–Crippen LogP) is 2.66. The SMILES string of the molecule is Cc1cccc(C(=O)O[C@@H](C)C(=O)Nc2ccc([N+](=O)[O-])cc2C#N)c1O. The Kier molecular flexibility index (Phi) is 5.72. The molecule has 9 heteroatoms. The number of benzene rings is 2. The van der Waals surface area contributed by atoms with Crippen LogP contribution in [0.4, 0.5) is 11.4 Å². The molecule has 0 aromatic heterocycles. The minimum atomic E-state index is -1.24. The number of ether oxygens (including phenoxy) is 1. The topological polar surface area (TPSA) is 143 Å². The lowest BCUT2D eigenvalue weighted by molar-refractivity contribution is -0.384. The van der Waals surface area contributed by atoms with E-state index in [4.69, 9.17) is 10.00 Å². The van der Waals surface area contributed by atoms with Crippen LogP contribution in [-0.4, -0.2) is 28.0 Å². The summed E-state index contributed by atoms with van der Waals surface area (Å²) in [4.78, 5) is 34.4. The van der Waals surface area contributed by atoms with Crippen molar-refractivity contribution < 1.29 is 24.4 Å². The van der Waals surface area contributed by atoms with Gasteiger partial charge in [0, 0.05) is 12.1 Å². The summed E-state index contributed by atoms with van der Waals surface area (Å²) < 4.78 is 5.04. The molecule has 0 saturated heterocycles. The number of esters is 1. The van der Waals surface area contributed by atoms with Crippen molar-refractivity contribution in [3.8, 4) is 11.8 Å². The molecule has 9 nitrogen and oxygen atoms in total. The number of nitro benzene ring substituents is 1. The van der Waals surface area contributed by atoms with E-state index in [1.54, 1.807) is 25.1 Å². The third kappa shape index (κ3) is 4.38. The highest BCUT2D eigenvalue weighted by Crippen LogP contribution is 2.24. The molecule has 2 N–H and O–H groups in total. The van der Waals surface area contributed by atoms with Crippen molar-refractivity contribution in [3.63, 3.8) is 0 Å². The highest BCUT2D eigenvalue weighted by Gasteiger charge is 2.22. The van der Waals surface area contributed by atoms with Gasteiger partial charge in [0.1, 0.15) is 17.4 Å². The van der Waals surface area contributed by atoms with E-state index in [-0.39, 0.29) is 28.3 Å². The molecule has 0 aliphatic rings. The third-order valence-corrected chi connectivity index (χ3v) is 3.70. The molecule has 0 saturated carbocycles. The van der Waals surface area contributed by atoms with Crippen LogP contribution in [0.1, 0.15) is 28.4 Å². The molecule has 138 valence electrons. The van der Waals surface area contributed by atoms with Crippen LogP contribution in [0.25, 0.3) is 0 Å². The summed E-state index contributed by atoms with van der Waals surface area (Å²) in [7, 11) is 0. The number of non-ortho nitro benzene ring substituents is 1. The monoisotopic (exact) mass is 369 g/mol. The predicted molar refractivity (Wildman–Crippen MR) is 94.2 cm³/mol. The molecule has 2 rings (SSSR count). The normalized spacial score (nSPS) is 11.1. The smallest absolute Gasteiger partial charge is 0.342 e. The zero-order chi connectivity index (χ0) is 20.1. The van der Waals surface area contributed by atoms with Gasteiger partial charge >= 0.3 is 5.97 Å². The Bertz CT molecular complexity index is 964. The van der Waals surface area contributed by atoms with E-state index in [0.717, 1.165) is 12.1 Å². The molecular formula is C18H15N3O6. The van der Waals surface area contributed by atoms with Gasteiger partial charge in [0.2, 0.25) is 0 Å². The van der Waals surface area contributed by atoms with Crippen molar-refractivity contribution in [2.75, 3.05) is 5.32 Å². The summed E-state index contributed by atoms with van der Waals surface area (Å²) in [5.41, 5.74) is 0.0505. The fourth-order valence-electron chi connectivity index (χ4n) is 2.18.